The van der Waals surface area contributed by atoms with Crippen molar-refractivity contribution in [2.75, 3.05) is 19.6 Å². The summed E-state index contributed by atoms with van der Waals surface area (Å²) < 4.78 is 26.9. The summed E-state index contributed by atoms with van der Waals surface area (Å²) >= 11 is 11.7. The molecule has 1 aliphatic heterocycles. The molecule has 1 aromatic carbocycles. The molecule has 1 fully saturated rings. The third kappa shape index (κ3) is 5.64. The van der Waals surface area contributed by atoms with Crippen molar-refractivity contribution in [1.82, 2.24) is 9.62 Å². The number of benzene rings is 1. The fourth-order valence-corrected chi connectivity index (χ4v) is 4.32. The Balaban J connectivity index is 1.86. The van der Waals surface area contributed by atoms with E-state index in [-0.39, 0.29) is 27.4 Å². The monoisotopic (exact) mass is 378 g/mol. The molecule has 0 aromatic heterocycles. The number of carbonyl (C=O) groups is 1. The predicted octanol–water partition coefficient (Wildman–Crippen LogP) is 3.06. The van der Waals surface area contributed by atoms with E-state index in [9.17, 15) is 13.2 Å². The predicted molar refractivity (Wildman–Crippen MR) is 91.3 cm³/mol. The van der Waals surface area contributed by atoms with Crippen molar-refractivity contribution >= 4 is 39.1 Å². The van der Waals surface area contributed by atoms with Gasteiger partial charge in [-0.05, 0) is 37.5 Å². The second-order valence-corrected chi connectivity index (χ2v) is 8.19. The Hall–Kier alpha value is -0.820. The fraction of sp³-hybridized carbons (Fsp3) is 0.533. The van der Waals surface area contributed by atoms with Crippen LogP contribution in [0, 0.1) is 0 Å². The topological polar surface area (TPSA) is 66.5 Å². The number of nitrogens with zero attached hydrogens (tertiary/aromatic N) is 1. The van der Waals surface area contributed by atoms with E-state index < -0.39 is 10.0 Å². The summed E-state index contributed by atoms with van der Waals surface area (Å²) in [6.45, 7) is 1.59. The smallest absolute Gasteiger partial charge is 0.240 e. The maximum absolute atomic E-state index is 12.2. The molecular weight excluding hydrogens is 359 g/mol. The molecule has 1 aromatic rings. The Kier molecular flexibility index (Phi) is 6.71. The maximum Gasteiger partial charge on any atom is 0.240 e. The van der Waals surface area contributed by atoms with Crippen LogP contribution in [-0.2, 0) is 14.8 Å². The molecule has 23 heavy (non-hydrogen) atoms. The first kappa shape index (κ1) is 18.5. The minimum Gasteiger partial charge on any atom is -0.343 e. The number of hydrogen-bond donors (Lipinski definition) is 1. The summed E-state index contributed by atoms with van der Waals surface area (Å²) in [6, 6.07) is 4.19. The van der Waals surface area contributed by atoms with Gasteiger partial charge >= 0.3 is 0 Å². The zero-order chi connectivity index (χ0) is 16.9. The zero-order valence-corrected chi connectivity index (χ0v) is 15.1. The summed E-state index contributed by atoms with van der Waals surface area (Å²) in [7, 11) is -3.65. The van der Waals surface area contributed by atoms with Crippen LogP contribution >= 0.6 is 23.2 Å². The second kappa shape index (κ2) is 8.33. The van der Waals surface area contributed by atoms with Gasteiger partial charge in [0.25, 0.3) is 0 Å². The third-order valence-corrected chi connectivity index (χ3v) is 5.59. The number of rotatable bonds is 6. The van der Waals surface area contributed by atoms with Gasteiger partial charge in [-0.25, -0.2) is 13.1 Å². The van der Waals surface area contributed by atoms with Gasteiger partial charge in [0.15, 0.2) is 0 Å². The lowest BCUT2D eigenvalue weighted by molar-refractivity contribution is -0.130. The molecule has 0 bridgehead atoms. The largest absolute Gasteiger partial charge is 0.343 e. The molecule has 0 saturated carbocycles. The number of likely N-dealkylation sites (tertiary alicyclic amines) is 1. The van der Waals surface area contributed by atoms with Crippen molar-refractivity contribution in [3.8, 4) is 0 Å². The Labute approximate surface area is 147 Å². The highest BCUT2D eigenvalue weighted by Crippen LogP contribution is 2.22. The molecule has 128 valence electrons. The van der Waals surface area contributed by atoms with Gasteiger partial charge in [-0.15, -0.1) is 0 Å². The first-order valence-corrected chi connectivity index (χ1v) is 9.86. The molecule has 1 heterocycles. The highest BCUT2D eigenvalue weighted by Gasteiger charge is 2.18. The van der Waals surface area contributed by atoms with E-state index in [0.717, 1.165) is 25.8 Å². The van der Waals surface area contributed by atoms with E-state index in [0.29, 0.717) is 19.4 Å². The van der Waals surface area contributed by atoms with E-state index in [1.165, 1.54) is 18.2 Å². The van der Waals surface area contributed by atoms with Crippen LogP contribution in [0.3, 0.4) is 0 Å². The minimum atomic E-state index is -3.65. The molecule has 0 unspecified atom stereocenters. The van der Waals surface area contributed by atoms with Gasteiger partial charge in [0.05, 0.1) is 4.90 Å². The van der Waals surface area contributed by atoms with Crippen LogP contribution in [0.4, 0.5) is 0 Å². The number of hydrogen-bond acceptors (Lipinski definition) is 3. The van der Waals surface area contributed by atoms with E-state index in [4.69, 9.17) is 23.2 Å². The van der Waals surface area contributed by atoms with Crippen molar-refractivity contribution in [3.63, 3.8) is 0 Å². The summed E-state index contributed by atoms with van der Waals surface area (Å²) in [5, 5.41) is 0.543. The van der Waals surface area contributed by atoms with Crippen molar-refractivity contribution in [2.24, 2.45) is 0 Å². The van der Waals surface area contributed by atoms with Crippen LogP contribution < -0.4 is 4.72 Å². The van der Waals surface area contributed by atoms with Gasteiger partial charge in [0, 0.05) is 36.1 Å². The molecule has 1 N–H and O–H groups in total. The molecule has 2 rings (SSSR count). The van der Waals surface area contributed by atoms with Gasteiger partial charge in [-0.3, -0.25) is 4.79 Å². The third-order valence-electron chi connectivity index (χ3n) is 3.71. The lowest BCUT2D eigenvalue weighted by Crippen LogP contribution is -2.34. The second-order valence-electron chi connectivity index (χ2n) is 5.55. The molecule has 0 radical (unpaired) electrons. The van der Waals surface area contributed by atoms with Gasteiger partial charge < -0.3 is 4.90 Å². The van der Waals surface area contributed by atoms with Crippen molar-refractivity contribution in [3.05, 3.63) is 28.2 Å². The molecule has 1 aliphatic rings. The van der Waals surface area contributed by atoms with Crippen molar-refractivity contribution < 1.29 is 13.2 Å². The lowest BCUT2D eigenvalue weighted by Gasteiger charge is -2.20. The Morgan fingerprint density at radius 3 is 2.48 bits per heavy atom. The minimum absolute atomic E-state index is 0.0425. The van der Waals surface area contributed by atoms with Gasteiger partial charge in [0.1, 0.15) is 0 Å². The summed E-state index contributed by atoms with van der Waals surface area (Å²) in [4.78, 5) is 13.7. The molecule has 0 aliphatic carbocycles. The van der Waals surface area contributed by atoms with Crippen LogP contribution in [0.25, 0.3) is 0 Å². The number of sulfonamides is 1. The number of halogens is 2. The summed E-state index contributed by atoms with van der Waals surface area (Å²) in [6.07, 6.45) is 4.19. The first-order chi connectivity index (χ1) is 10.9. The number of amides is 1. The van der Waals surface area contributed by atoms with Crippen LogP contribution in [0.1, 0.15) is 32.1 Å². The van der Waals surface area contributed by atoms with E-state index >= 15 is 0 Å². The standard InChI is InChI=1S/C15H20Cl2N2O3S/c16-12-9-13(17)11-14(10-12)23(21,22)18-6-4-8-19-7-3-1-2-5-15(19)20/h9-11,18H,1-8H2. The van der Waals surface area contributed by atoms with Crippen molar-refractivity contribution in [1.29, 1.82) is 0 Å². The quantitative estimate of drug-likeness (QED) is 0.773. The summed E-state index contributed by atoms with van der Waals surface area (Å²) in [5.74, 6) is 0.159. The summed E-state index contributed by atoms with van der Waals surface area (Å²) in [5.41, 5.74) is 0. The lowest BCUT2D eigenvalue weighted by atomic mass is 10.2. The van der Waals surface area contributed by atoms with Crippen LogP contribution in [0.15, 0.2) is 23.1 Å². The van der Waals surface area contributed by atoms with Gasteiger partial charge in [0.2, 0.25) is 15.9 Å². The average Bonchev–Trinajstić information content (AvgIpc) is 2.67. The Bertz CT molecular complexity index is 644. The van der Waals surface area contributed by atoms with Gasteiger partial charge in [-0.1, -0.05) is 29.6 Å². The van der Waals surface area contributed by atoms with E-state index in [1.54, 1.807) is 0 Å². The van der Waals surface area contributed by atoms with Crippen molar-refractivity contribution in [2.45, 2.75) is 37.0 Å². The molecule has 0 spiro atoms. The fourth-order valence-electron chi connectivity index (χ4n) is 2.52. The highest BCUT2D eigenvalue weighted by molar-refractivity contribution is 7.89. The normalized spacial score (nSPS) is 16.4. The first-order valence-electron chi connectivity index (χ1n) is 7.62. The van der Waals surface area contributed by atoms with E-state index in [2.05, 4.69) is 4.72 Å². The number of carbonyl (C=O) groups excluding carboxylic acids is 1. The Morgan fingerprint density at radius 2 is 1.78 bits per heavy atom. The van der Waals surface area contributed by atoms with Crippen LogP contribution in [0.5, 0.6) is 0 Å². The Morgan fingerprint density at radius 1 is 1.09 bits per heavy atom. The average molecular weight is 379 g/mol. The maximum atomic E-state index is 12.2. The van der Waals surface area contributed by atoms with Gasteiger partial charge in [-0.2, -0.15) is 0 Å². The SMILES string of the molecule is O=C1CCCCCN1CCCNS(=O)(=O)c1cc(Cl)cc(Cl)c1. The highest BCUT2D eigenvalue weighted by atomic mass is 35.5. The molecule has 1 saturated heterocycles. The van der Waals surface area contributed by atoms with E-state index in [1.807, 2.05) is 4.90 Å². The molecule has 0 atom stereocenters. The molecule has 1 amide bonds. The molecule has 5 nitrogen and oxygen atoms in total. The molecule has 8 heteroatoms. The van der Waals surface area contributed by atoms with Crippen LogP contribution in [0.2, 0.25) is 10.0 Å². The molecular formula is C15H20Cl2N2O3S. The zero-order valence-electron chi connectivity index (χ0n) is 12.7. The number of nitrogens with one attached hydrogen (secondary N) is 1. The van der Waals surface area contributed by atoms with Crippen LogP contribution in [-0.4, -0.2) is 38.9 Å².